The van der Waals surface area contributed by atoms with E-state index in [2.05, 4.69) is 36.7 Å². The first-order chi connectivity index (χ1) is 10.8. The van der Waals surface area contributed by atoms with E-state index < -0.39 is 0 Å². The first-order valence-electron chi connectivity index (χ1n) is 7.63. The number of rotatable bonds is 7. The summed E-state index contributed by atoms with van der Waals surface area (Å²) in [4.78, 5) is 19.0. The van der Waals surface area contributed by atoms with E-state index in [-0.39, 0.29) is 11.8 Å². The third kappa shape index (κ3) is 4.34. The Bertz CT molecular complexity index is 574. The third-order valence-electron chi connectivity index (χ3n) is 3.53. The molecule has 116 valence electrons. The van der Waals surface area contributed by atoms with Crippen molar-refractivity contribution in [3.05, 3.63) is 60.3 Å². The average Bonchev–Trinajstić information content (AvgIpc) is 2.58. The second kappa shape index (κ2) is 8.59. The molecule has 2 rings (SSSR count). The van der Waals surface area contributed by atoms with Gasteiger partial charge in [0.1, 0.15) is 5.82 Å². The monoisotopic (exact) mass is 314 g/mol. The Kier molecular flexibility index (Phi) is 6.46. The van der Waals surface area contributed by atoms with Crippen molar-refractivity contribution < 1.29 is 4.79 Å². The number of hydrogen-bond donors (Lipinski definition) is 1. The van der Waals surface area contributed by atoms with Crippen LogP contribution in [-0.2, 0) is 11.2 Å². The van der Waals surface area contributed by atoms with Crippen molar-refractivity contribution >= 4 is 24.4 Å². The van der Waals surface area contributed by atoms with E-state index in [1.807, 2.05) is 36.4 Å². The second-order valence-corrected chi connectivity index (χ2v) is 5.61. The molecule has 0 saturated carbocycles. The van der Waals surface area contributed by atoms with Crippen molar-refractivity contribution in [2.45, 2.75) is 19.8 Å². The van der Waals surface area contributed by atoms with Gasteiger partial charge in [0, 0.05) is 18.5 Å². The Balaban J connectivity index is 2.17. The van der Waals surface area contributed by atoms with Crippen LogP contribution in [0.2, 0.25) is 0 Å². The minimum absolute atomic E-state index is 0.0967. The summed E-state index contributed by atoms with van der Waals surface area (Å²) in [6.45, 7) is 2.74. The molecule has 0 radical (unpaired) electrons. The summed E-state index contributed by atoms with van der Waals surface area (Å²) in [6.07, 6.45) is 3.32. The van der Waals surface area contributed by atoms with E-state index in [4.69, 9.17) is 0 Å². The first kappa shape index (κ1) is 16.6. The van der Waals surface area contributed by atoms with Crippen LogP contribution in [0.1, 0.15) is 18.9 Å². The lowest BCUT2D eigenvalue weighted by Gasteiger charge is -2.25. The summed E-state index contributed by atoms with van der Waals surface area (Å²) < 4.78 is 0. The van der Waals surface area contributed by atoms with Crippen LogP contribution in [0.3, 0.4) is 0 Å². The maximum atomic E-state index is 12.9. The van der Waals surface area contributed by atoms with Crippen molar-refractivity contribution in [3.8, 4) is 0 Å². The molecule has 0 saturated heterocycles. The lowest BCUT2D eigenvalue weighted by atomic mass is 9.99. The highest BCUT2D eigenvalue weighted by molar-refractivity contribution is 7.80. The van der Waals surface area contributed by atoms with Gasteiger partial charge in [0.25, 0.3) is 0 Å². The van der Waals surface area contributed by atoms with Gasteiger partial charge in [-0.1, -0.05) is 43.3 Å². The van der Waals surface area contributed by atoms with Crippen LogP contribution in [0.4, 0.5) is 5.82 Å². The minimum atomic E-state index is -0.140. The van der Waals surface area contributed by atoms with Gasteiger partial charge in [0.15, 0.2) is 0 Å². The number of aromatic nitrogens is 1. The molecular formula is C18H22N2OS. The van der Waals surface area contributed by atoms with Crippen LogP contribution in [0, 0.1) is 5.92 Å². The minimum Gasteiger partial charge on any atom is -0.297 e. The zero-order valence-corrected chi connectivity index (χ0v) is 13.7. The topological polar surface area (TPSA) is 33.2 Å². The van der Waals surface area contributed by atoms with E-state index in [1.165, 1.54) is 0 Å². The zero-order valence-electron chi connectivity index (χ0n) is 12.9. The van der Waals surface area contributed by atoms with Crippen LogP contribution in [0.5, 0.6) is 0 Å². The molecule has 0 aliphatic heterocycles. The van der Waals surface area contributed by atoms with Crippen molar-refractivity contribution in [1.29, 1.82) is 0 Å². The van der Waals surface area contributed by atoms with Crippen molar-refractivity contribution in [2.75, 3.05) is 17.2 Å². The van der Waals surface area contributed by atoms with Crippen molar-refractivity contribution in [2.24, 2.45) is 5.92 Å². The fraction of sp³-hybridized carbons (Fsp3) is 0.333. The molecule has 0 N–H and O–H groups in total. The number of amides is 1. The van der Waals surface area contributed by atoms with Crippen LogP contribution < -0.4 is 4.90 Å². The number of thiol groups is 1. The van der Waals surface area contributed by atoms with Gasteiger partial charge in [-0.25, -0.2) is 4.98 Å². The fourth-order valence-electron chi connectivity index (χ4n) is 2.42. The van der Waals surface area contributed by atoms with Gasteiger partial charge in [0.2, 0.25) is 5.91 Å². The molecule has 1 amide bonds. The predicted molar refractivity (Wildman–Crippen MR) is 94.4 cm³/mol. The molecule has 0 spiro atoms. The number of benzene rings is 1. The molecule has 3 nitrogen and oxygen atoms in total. The quantitative estimate of drug-likeness (QED) is 0.792. The Hall–Kier alpha value is -1.81. The van der Waals surface area contributed by atoms with Crippen molar-refractivity contribution in [1.82, 2.24) is 4.98 Å². The van der Waals surface area contributed by atoms with Gasteiger partial charge >= 0.3 is 0 Å². The standard InChI is InChI=1S/C18H22N2OS/c1-2-12-20(17-10-6-7-11-19-17)18(21)16(14-22)13-15-8-4-3-5-9-15/h3-11,16,22H,2,12-14H2,1H3. The Morgan fingerprint density at radius 3 is 2.50 bits per heavy atom. The van der Waals surface area contributed by atoms with Gasteiger partial charge < -0.3 is 0 Å². The number of nitrogens with zero attached hydrogens (tertiary/aromatic N) is 2. The molecule has 2 aromatic rings. The highest BCUT2D eigenvalue weighted by Crippen LogP contribution is 2.18. The van der Waals surface area contributed by atoms with Crippen LogP contribution in [0.15, 0.2) is 54.7 Å². The normalized spacial score (nSPS) is 11.9. The molecule has 0 aliphatic carbocycles. The summed E-state index contributed by atoms with van der Waals surface area (Å²) in [5.41, 5.74) is 1.16. The highest BCUT2D eigenvalue weighted by Gasteiger charge is 2.24. The van der Waals surface area contributed by atoms with E-state index in [0.29, 0.717) is 24.5 Å². The van der Waals surface area contributed by atoms with Crippen molar-refractivity contribution in [3.63, 3.8) is 0 Å². The Labute approximate surface area is 137 Å². The number of carbonyl (C=O) groups is 1. The Morgan fingerprint density at radius 2 is 1.91 bits per heavy atom. The van der Waals surface area contributed by atoms with Gasteiger partial charge in [-0.05, 0) is 30.5 Å². The summed E-state index contributed by atoms with van der Waals surface area (Å²) in [5, 5.41) is 0. The molecule has 1 unspecified atom stereocenters. The van der Waals surface area contributed by atoms with E-state index in [1.54, 1.807) is 11.1 Å². The largest absolute Gasteiger partial charge is 0.297 e. The predicted octanol–water partition coefficient (Wildman–Crippen LogP) is 3.61. The highest BCUT2D eigenvalue weighted by atomic mass is 32.1. The molecule has 1 heterocycles. The van der Waals surface area contributed by atoms with E-state index in [0.717, 1.165) is 12.0 Å². The number of hydrogen-bond acceptors (Lipinski definition) is 3. The van der Waals surface area contributed by atoms with Crippen LogP contribution in [-0.4, -0.2) is 23.2 Å². The van der Waals surface area contributed by atoms with E-state index in [9.17, 15) is 4.79 Å². The van der Waals surface area contributed by atoms with E-state index >= 15 is 0 Å². The summed E-state index contributed by atoms with van der Waals surface area (Å²) in [6, 6.07) is 15.7. The van der Waals surface area contributed by atoms with Gasteiger partial charge in [-0.3, -0.25) is 9.69 Å². The molecule has 1 atom stereocenters. The lowest BCUT2D eigenvalue weighted by Crippen LogP contribution is -2.39. The smallest absolute Gasteiger partial charge is 0.232 e. The average molecular weight is 314 g/mol. The Morgan fingerprint density at radius 1 is 1.18 bits per heavy atom. The number of anilines is 1. The van der Waals surface area contributed by atoms with Gasteiger partial charge in [-0.15, -0.1) is 0 Å². The first-order valence-corrected chi connectivity index (χ1v) is 8.26. The maximum absolute atomic E-state index is 12.9. The number of pyridine rings is 1. The molecule has 1 aromatic carbocycles. The van der Waals surface area contributed by atoms with Gasteiger partial charge in [0.05, 0.1) is 5.92 Å². The molecule has 0 fully saturated rings. The van der Waals surface area contributed by atoms with Crippen LogP contribution >= 0.6 is 12.6 Å². The van der Waals surface area contributed by atoms with Gasteiger partial charge in [-0.2, -0.15) is 12.6 Å². The van der Waals surface area contributed by atoms with Crippen LogP contribution in [0.25, 0.3) is 0 Å². The molecule has 0 aliphatic rings. The maximum Gasteiger partial charge on any atom is 0.232 e. The number of carbonyl (C=O) groups excluding carboxylic acids is 1. The third-order valence-corrected chi connectivity index (χ3v) is 3.97. The molecule has 4 heteroatoms. The summed E-state index contributed by atoms with van der Waals surface area (Å²) >= 11 is 4.39. The molecular weight excluding hydrogens is 292 g/mol. The lowest BCUT2D eigenvalue weighted by molar-refractivity contribution is -0.121. The molecule has 0 bridgehead atoms. The second-order valence-electron chi connectivity index (χ2n) is 5.25. The summed E-state index contributed by atoms with van der Waals surface area (Å²) in [7, 11) is 0. The zero-order chi connectivity index (χ0) is 15.8. The SMILES string of the molecule is CCCN(C(=O)C(CS)Cc1ccccc1)c1ccccn1. The fourth-order valence-corrected chi connectivity index (χ4v) is 2.71. The molecule has 22 heavy (non-hydrogen) atoms. The summed E-state index contributed by atoms with van der Waals surface area (Å²) in [5.74, 6) is 1.20. The molecule has 1 aromatic heterocycles.